The smallest absolute Gasteiger partial charge is 0.335 e. The molecule has 2 rings (SSSR count). The summed E-state index contributed by atoms with van der Waals surface area (Å²) in [6, 6.07) is 8.36. The Morgan fingerprint density at radius 3 is 2.30 bits per heavy atom. The Hall–Kier alpha value is -2.95. The van der Waals surface area contributed by atoms with Crippen molar-refractivity contribution in [2.24, 2.45) is 0 Å². The first-order valence-corrected chi connectivity index (χ1v) is 6.96. The maximum Gasteiger partial charge on any atom is 0.335 e. The van der Waals surface area contributed by atoms with E-state index >= 15 is 0 Å². The predicted molar refractivity (Wildman–Crippen MR) is 83.4 cm³/mol. The number of benzene rings is 2. The molecule has 0 fully saturated rings. The van der Waals surface area contributed by atoms with Crippen LogP contribution in [0.15, 0.2) is 49.2 Å². The number of hydrogen-bond acceptors (Lipinski definition) is 3. The van der Waals surface area contributed by atoms with Crippen LogP contribution in [-0.2, 0) is 6.42 Å². The third kappa shape index (κ3) is 3.29. The van der Waals surface area contributed by atoms with Crippen LogP contribution in [-0.4, -0.2) is 16.9 Å². The first-order chi connectivity index (χ1) is 11.0. The standard InChI is InChI=1S/C18H15FO4/c1-3-11-9-10-14(23-4-2)15(16(11)19)17(20)12-5-7-13(8-6-12)18(21)22/h4-10H,2-3H2,1H3,(H,21,22). The Kier molecular flexibility index (Phi) is 4.91. The Labute approximate surface area is 132 Å². The molecule has 5 heteroatoms. The van der Waals surface area contributed by atoms with Crippen LogP contribution in [0.4, 0.5) is 4.39 Å². The van der Waals surface area contributed by atoms with Gasteiger partial charge in [-0.15, -0.1) is 0 Å². The van der Waals surface area contributed by atoms with E-state index in [2.05, 4.69) is 6.58 Å². The molecule has 0 aliphatic carbocycles. The van der Waals surface area contributed by atoms with Gasteiger partial charge >= 0.3 is 5.97 Å². The number of aromatic carboxylic acids is 1. The van der Waals surface area contributed by atoms with Crippen LogP contribution in [0, 0.1) is 5.82 Å². The number of hydrogen-bond donors (Lipinski definition) is 1. The van der Waals surface area contributed by atoms with Crippen molar-refractivity contribution in [3.05, 3.63) is 77.3 Å². The molecule has 0 atom stereocenters. The maximum atomic E-state index is 14.6. The predicted octanol–water partition coefficient (Wildman–Crippen LogP) is 3.84. The van der Waals surface area contributed by atoms with E-state index in [0.29, 0.717) is 12.0 Å². The average Bonchev–Trinajstić information content (AvgIpc) is 2.55. The molecule has 0 aliphatic rings. The second-order valence-electron chi connectivity index (χ2n) is 4.76. The second-order valence-corrected chi connectivity index (χ2v) is 4.76. The van der Waals surface area contributed by atoms with E-state index in [1.807, 2.05) is 0 Å². The molecule has 0 bridgehead atoms. The van der Waals surface area contributed by atoms with Crippen molar-refractivity contribution in [2.75, 3.05) is 0 Å². The van der Waals surface area contributed by atoms with Crippen LogP contribution in [0.5, 0.6) is 5.75 Å². The van der Waals surface area contributed by atoms with Crippen LogP contribution in [0.25, 0.3) is 0 Å². The quantitative estimate of drug-likeness (QED) is 0.650. The highest BCUT2D eigenvalue weighted by Crippen LogP contribution is 2.28. The van der Waals surface area contributed by atoms with Gasteiger partial charge in [0, 0.05) is 5.56 Å². The first kappa shape index (κ1) is 16.4. The summed E-state index contributed by atoms with van der Waals surface area (Å²) in [6.07, 6.45) is 1.54. The Morgan fingerprint density at radius 2 is 1.78 bits per heavy atom. The van der Waals surface area contributed by atoms with Gasteiger partial charge in [-0.3, -0.25) is 4.79 Å². The molecule has 0 unspecified atom stereocenters. The molecule has 0 spiro atoms. The minimum Gasteiger partial charge on any atom is -0.478 e. The highest BCUT2D eigenvalue weighted by atomic mass is 19.1. The molecule has 0 aliphatic heterocycles. The van der Waals surface area contributed by atoms with E-state index in [4.69, 9.17) is 9.84 Å². The van der Waals surface area contributed by atoms with Crippen LogP contribution >= 0.6 is 0 Å². The average molecular weight is 314 g/mol. The Morgan fingerprint density at radius 1 is 1.17 bits per heavy atom. The molecule has 0 saturated heterocycles. The zero-order valence-corrected chi connectivity index (χ0v) is 12.5. The molecule has 0 aromatic heterocycles. The van der Waals surface area contributed by atoms with Crippen molar-refractivity contribution in [3.63, 3.8) is 0 Å². The minimum atomic E-state index is -1.10. The number of aryl methyl sites for hydroxylation is 1. The number of ketones is 1. The fraction of sp³-hybridized carbons (Fsp3) is 0.111. The summed E-state index contributed by atoms with van der Waals surface area (Å²) < 4.78 is 19.7. The summed E-state index contributed by atoms with van der Waals surface area (Å²) in [6.45, 7) is 5.19. The number of carbonyl (C=O) groups excluding carboxylic acids is 1. The number of carboxylic acids is 1. The topological polar surface area (TPSA) is 63.6 Å². The highest BCUT2D eigenvalue weighted by Gasteiger charge is 2.22. The second kappa shape index (κ2) is 6.87. The SMILES string of the molecule is C=COc1ccc(CC)c(F)c1C(=O)c1ccc(C(=O)O)cc1. The van der Waals surface area contributed by atoms with Crippen molar-refractivity contribution in [1.82, 2.24) is 0 Å². The van der Waals surface area contributed by atoms with Crippen molar-refractivity contribution in [2.45, 2.75) is 13.3 Å². The van der Waals surface area contributed by atoms with E-state index in [1.165, 1.54) is 30.3 Å². The maximum absolute atomic E-state index is 14.6. The van der Waals surface area contributed by atoms with Gasteiger partial charge in [-0.05, 0) is 30.2 Å². The van der Waals surface area contributed by atoms with Crippen LogP contribution in [0.1, 0.15) is 38.8 Å². The molecule has 1 N–H and O–H groups in total. The third-order valence-electron chi connectivity index (χ3n) is 3.40. The normalized spacial score (nSPS) is 10.2. The molecule has 2 aromatic carbocycles. The van der Waals surface area contributed by atoms with Crippen LogP contribution in [0.3, 0.4) is 0 Å². The summed E-state index contributed by atoms with van der Waals surface area (Å²) in [4.78, 5) is 23.5. The summed E-state index contributed by atoms with van der Waals surface area (Å²) in [5.74, 6) is -2.24. The van der Waals surface area contributed by atoms with E-state index in [-0.39, 0.29) is 22.4 Å². The van der Waals surface area contributed by atoms with Crippen molar-refractivity contribution in [1.29, 1.82) is 0 Å². The summed E-state index contributed by atoms with van der Waals surface area (Å²) >= 11 is 0. The molecule has 0 radical (unpaired) electrons. The number of carboxylic acid groups (broad SMARTS) is 1. The van der Waals surface area contributed by atoms with Gasteiger partial charge in [-0.25, -0.2) is 9.18 Å². The number of carbonyl (C=O) groups is 2. The van der Waals surface area contributed by atoms with Gasteiger partial charge in [-0.1, -0.05) is 31.7 Å². The van der Waals surface area contributed by atoms with Gasteiger partial charge in [0.2, 0.25) is 0 Å². The summed E-state index contributed by atoms with van der Waals surface area (Å²) in [5, 5.41) is 8.88. The Balaban J connectivity index is 2.52. The molecule has 2 aromatic rings. The Bertz CT molecular complexity index is 763. The number of rotatable bonds is 6. The van der Waals surface area contributed by atoms with Crippen LogP contribution < -0.4 is 4.74 Å². The molecule has 0 heterocycles. The summed E-state index contributed by atoms with van der Waals surface area (Å²) in [7, 11) is 0. The lowest BCUT2D eigenvalue weighted by atomic mass is 9.97. The lowest BCUT2D eigenvalue weighted by Crippen LogP contribution is -2.09. The third-order valence-corrected chi connectivity index (χ3v) is 3.40. The van der Waals surface area contributed by atoms with Gasteiger partial charge in [-0.2, -0.15) is 0 Å². The van der Waals surface area contributed by atoms with E-state index in [9.17, 15) is 14.0 Å². The lowest BCUT2D eigenvalue weighted by Gasteiger charge is -2.12. The molecular weight excluding hydrogens is 299 g/mol. The molecule has 4 nitrogen and oxygen atoms in total. The molecule has 0 amide bonds. The first-order valence-electron chi connectivity index (χ1n) is 6.96. The van der Waals surface area contributed by atoms with Crippen LogP contribution in [0.2, 0.25) is 0 Å². The number of halogens is 1. The van der Waals surface area contributed by atoms with Gasteiger partial charge in [0.25, 0.3) is 0 Å². The van der Waals surface area contributed by atoms with Gasteiger partial charge in [0.15, 0.2) is 5.78 Å². The van der Waals surface area contributed by atoms with Gasteiger partial charge in [0.1, 0.15) is 17.1 Å². The number of ether oxygens (including phenoxy) is 1. The summed E-state index contributed by atoms with van der Waals surface area (Å²) in [5.41, 5.74) is 0.433. The van der Waals surface area contributed by atoms with Crippen molar-refractivity contribution < 1.29 is 23.8 Å². The fourth-order valence-corrected chi connectivity index (χ4v) is 2.18. The lowest BCUT2D eigenvalue weighted by molar-refractivity contribution is 0.0696. The zero-order chi connectivity index (χ0) is 17.0. The monoisotopic (exact) mass is 314 g/mol. The molecule has 0 saturated carbocycles. The minimum absolute atomic E-state index is 0.0481. The van der Waals surface area contributed by atoms with E-state index < -0.39 is 17.6 Å². The van der Waals surface area contributed by atoms with Crippen molar-refractivity contribution >= 4 is 11.8 Å². The molecular formula is C18H15FO4. The molecule has 118 valence electrons. The fourth-order valence-electron chi connectivity index (χ4n) is 2.18. The van der Waals surface area contributed by atoms with Gasteiger partial charge in [0.05, 0.1) is 11.8 Å². The van der Waals surface area contributed by atoms with E-state index in [0.717, 1.165) is 6.26 Å². The van der Waals surface area contributed by atoms with E-state index in [1.54, 1.807) is 13.0 Å². The van der Waals surface area contributed by atoms with Crippen molar-refractivity contribution in [3.8, 4) is 5.75 Å². The largest absolute Gasteiger partial charge is 0.478 e. The zero-order valence-electron chi connectivity index (χ0n) is 12.5. The molecule has 23 heavy (non-hydrogen) atoms. The highest BCUT2D eigenvalue weighted by molar-refractivity contribution is 6.11. The van der Waals surface area contributed by atoms with Gasteiger partial charge < -0.3 is 9.84 Å².